The number of hydrazine groups is 1. The smallest absolute Gasteiger partial charge is 0.366 e. The van der Waals surface area contributed by atoms with E-state index in [4.69, 9.17) is 0 Å². The summed E-state index contributed by atoms with van der Waals surface area (Å²) in [6, 6.07) is 6.34. The van der Waals surface area contributed by atoms with Crippen LogP contribution in [0.15, 0.2) is 41.6 Å². The molecule has 3 aliphatic rings. The van der Waals surface area contributed by atoms with E-state index >= 15 is 0 Å². The predicted octanol–water partition coefficient (Wildman–Crippen LogP) is 2.70. The first kappa shape index (κ1) is 20.7. The second-order valence-corrected chi connectivity index (χ2v) is 8.16. The number of allylic oxidation sites excluding steroid dienone is 1. The highest BCUT2D eigenvalue weighted by atomic mass is 19.4. The van der Waals surface area contributed by atoms with E-state index in [1.54, 1.807) is 37.3 Å². The van der Waals surface area contributed by atoms with Gasteiger partial charge in [-0.15, -0.1) is 0 Å². The number of benzene rings is 1. The van der Waals surface area contributed by atoms with Gasteiger partial charge in [-0.3, -0.25) is 9.59 Å². The molecule has 0 bridgehead atoms. The molecule has 162 valence electrons. The molecular weight excluding hydrogens is 397 g/mol. The molecule has 1 saturated carbocycles. The van der Waals surface area contributed by atoms with E-state index in [9.17, 15) is 22.8 Å². The summed E-state index contributed by atoms with van der Waals surface area (Å²) in [5.41, 5.74) is 2.94. The fraction of sp³-hybridized carbons (Fsp3) is 0.524. The van der Waals surface area contributed by atoms with E-state index in [1.807, 2.05) is 0 Å². The summed E-state index contributed by atoms with van der Waals surface area (Å²) < 4.78 is 41.4. The van der Waals surface area contributed by atoms with Crippen LogP contribution in [0.3, 0.4) is 0 Å². The van der Waals surface area contributed by atoms with Gasteiger partial charge in [0.05, 0.1) is 5.92 Å². The van der Waals surface area contributed by atoms with Gasteiger partial charge in [-0.1, -0.05) is 49.6 Å². The second kappa shape index (κ2) is 7.94. The maximum atomic E-state index is 13.8. The van der Waals surface area contributed by atoms with E-state index < -0.39 is 36.1 Å². The van der Waals surface area contributed by atoms with Crippen LogP contribution in [0.2, 0.25) is 0 Å². The van der Waals surface area contributed by atoms with Gasteiger partial charge < -0.3 is 10.6 Å². The van der Waals surface area contributed by atoms with Crippen LogP contribution >= 0.6 is 0 Å². The Hall–Kier alpha value is -2.55. The number of halogens is 3. The molecular formula is C21H25F3N4O2. The van der Waals surface area contributed by atoms with Crippen molar-refractivity contribution < 1.29 is 22.8 Å². The van der Waals surface area contributed by atoms with Crippen molar-refractivity contribution in [2.45, 2.75) is 69.4 Å². The number of nitrogens with one attached hydrogen (secondary N) is 3. The predicted molar refractivity (Wildman–Crippen MR) is 104 cm³/mol. The highest BCUT2D eigenvalue weighted by Crippen LogP contribution is 2.41. The zero-order chi connectivity index (χ0) is 21.5. The molecule has 2 fully saturated rings. The lowest BCUT2D eigenvalue weighted by Crippen LogP contribution is -2.57. The number of carbonyl (C=O) groups is 2. The minimum Gasteiger partial charge on any atom is -0.366 e. The normalized spacial score (nSPS) is 27.7. The number of rotatable bonds is 3. The van der Waals surface area contributed by atoms with Crippen molar-refractivity contribution >= 4 is 11.8 Å². The lowest BCUT2D eigenvalue weighted by Gasteiger charge is -2.35. The molecule has 0 radical (unpaired) electrons. The zero-order valence-electron chi connectivity index (χ0n) is 16.6. The van der Waals surface area contributed by atoms with Gasteiger partial charge in [0, 0.05) is 11.7 Å². The molecule has 1 aromatic rings. The van der Waals surface area contributed by atoms with Gasteiger partial charge in [-0.05, 0) is 25.3 Å². The average molecular weight is 422 g/mol. The maximum absolute atomic E-state index is 13.8. The molecule has 1 aliphatic carbocycles. The third-order valence-electron chi connectivity index (χ3n) is 6.13. The van der Waals surface area contributed by atoms with Crippen LogP contribution in [0.1, 0.15) is 50.5 Å². The van der Waals surface area contributed by atoms with Gasteiger partial charge in [0.15, 0.2) is 0 Å². The van der Waals surface area contributed by atoms with E-state index in [0.29, 0.717) is 11.3 Å². The van der Waals surface area contributed by atoms with Crippen molar-refractivity contribution in [3.8, 4) is 0 Å². The number of hydrogen-bond acceptors (Lipinski definition) is 4. The molecule has 30 heavy (non-hydrogen) atoms. The Morgan fingerprint density at radius 2 is 1.80 bits per heavy atom. The molecule has 1 saturated heterocycles. The first-order chi connectivity index (χ1) is 14.3. The summed E-state index contributed by atoms with van der Waals surface area (Å²) in [6.07, 6.45) is -0.690. The number of amides is 2. The molecule has 2 aliphatic heterocycles. The van der Waals surface area contributed by atoms with Gasteiger partial charge in [0.2, 0.25) is 0 Å². The highest BCUT2D eigenvalue weighted by Gasteiger charge is 2.58. The molecule has 1 aromatic carbocycles. The molecule has 3 unspecified atom stereocenters. The van der Waals surface area contributed by atoms with Gasteiger partial charge in [-0.2, -0.15) is 13.2 Å². The number of hydrogen-bond donors (Lipinski definition) is 3. The minimum absolute atomic E-state index is 0.0106. The Bertz CT molecular complexity index is 850. The lowest BCUT2D eigenvalue weighted by molar-refractivity contribution is -0.161. The van der Waals surface area contributed by atoms with Crippen molar-refractivity contribution in [2.24, 2.45) is 0 Å². The van der Waals surface area contributed by atoms with Crippen LogP contribution in [0.5, 0.6) is 0 Å². The van der Waals surface area contributed by atoms with E-state index in [-0.39, 0.29) is 11.6 Å². The number of carbonyl (C=O) groups excluding carboxylic acids is 2. The Balaban J connectivity index is 1.62. The summed E-state index contributed by atoms with van der Waals surface area (Å²) in [5.74, 6) is -2.32. The molecule has 2 heterocycles. The maximum Gasteiger partial charge on any atom is 0.406 e. The quantitative estimate of drug-likeness (QED) is 0.655. The average Bonchev–Trinajstić information content (AvgIpc) is 3.09. The van der Waals surface area contributed by atoms with Crippen molar-refractivity contribution in [1.29, 1.82) is 0 Å². The molecule has 0 aromatic heterocycles. The third-order valence-corrected chi connectivity index (χ3v) is 6.13. The number of nitrogens with zero attached hydrogens (tertiary/aromatic N) is 1. The highest BCUT2D eigenvalue weighted by molar-refractivity contribution is 6.19. The summed E-state index contributed by atoms with van der Waals surface area (Å²) in [4.78, 5) is 25.9. The SMILES string of the molecule is CC1=C(C(=O)NC2CCCCC2)C(=O)N2NC(C(F)(F)F)C(c3ccccc3)C2N1. The fourth-order valence-electron chi connectivity index (χ4n) is 4.67. The fourth-order valence-corrected chi connectivity index (χ4v) is 4.67. The van der Waals surface area contributed by atoms with Crippen molar-refractivity contribution in [3.63, 3.8) is 0 Å². The Morgan fingerprint density at radius 3 is 2.43 bits per heavy atom. The van der Waals surface area contributed by atoms with Crippen LogP contribution in [0, 0.1) is 0 Å². The summed E-state index contributed by atoms with van der Waals surface area (Å²) in [7, 11) is 0. The topological polar surface area (TPSA) is 73.5 Å². The molecule has 9 heteroatoms. The van der Waals surface area contributed by atoms with Crippen LogP contribution in [0.4, 0.5) is 13.2 Å². The first-order valence-corrected chi connectivity index (χ1v) is 10.3. The molecule has 3 N–H and O–H groups in total. The van der Waals surface area contributed by atoms with Crippen LogP contribution in [-0.2, 0) is 9.59 Å². The Labute approximate surface area is 172 Å². The Kier molecular flexibility index (Phi) is 5.48. The van der Waals surface area contributed by atoms with Gasteiger partial charge >= 0.3 is 6.18 Å². The summed E-state index contributed by atoms with van der Waals surface area (Å²) in [6.45, 7) is 1.56. The minimum atomic E-state index is -4.57. The lowest BCUT2D eigenvalue weighted by atomic mass is 9.89. The van der Waals surface area contributed by atoms with E-state index in [2.05, 4.69) is 16.1 Å². The summed E-state index contributed by atoms with van der Waals surface area (Å²) >= 11 is 0. The number of fused-ring (bicyclic) bond motifs is 1. The van der Waals surface area contributed by atoms with E-state index in [0.717, 1.165) is 37.1 Å². The van der Waals surface area contributed by atoms with Crippen LogP contribution < -0.4 is 16.1 Å². The van der Waals surface area contributed by atoms with Gasteiger partial charge in [0.25, 0.3) is 11.8 Å². The molecule has 4 rings (SSSR count). The summed E-state index contributed by atoms with van der Waals surface area (Å²) in [5, 5.41) is 6.80. The molecule has 6 nitrogen and oxygen atoms in total. The van der Waals surface area contributed by atoms with Crippen molar-refractivity contribution in [3.05, 3.63) is 47.2 Å². The molecule has 3 atom stereocenters. The van der Waals surface area contributed by atoms with Crippen molar-refractivity contribution in [1.82, 2.24) is 21.1 Å². The Morgan fingerprint density at radius 1 is 1.13 bits per heavy atom. The van der Waals surface area contributed by atoms with E-state index in [1.165, 1.54) is 0 Å². The standard InChI is InChI=1S/C21H25F3N4O2/c1-12-15(19(29)26-14-10-6-3-7-11-14)20(30)28-18(25-12)16(13-8-4-2-5-9-13)17(27-28)21(22,23)24/h2,4-5,8-9,14,16-18,25,27H,3,6-7,10-11H2,1H3,(H,26,29). The van der Waals surface area contributed by atoms with Crippen molar-refractivity contribution in [2.75, 3.05) is 0 Å². The van der Waals surface area contributed by atoms with Crippen LogP contribution in [-0.4, -0.2) is 41.2 Å². The molecule has 0 spiro atoms. The number of alkyl halides is 3. The molecule has 2 amide bonds. The van der Waals surface area contributed by atoms with Crippen LogP contribution in [0.25, 0.3) is 0 Å². The first-order valence-electron chi connectivity index (χ1n) is 10.3. The largest absolute Gasteiger partial charge is 0.406 e. The third kappa shape index (κ3) is 3.78. The zero-order valence-corrected chi connectivity index (χ0v) is 16.6. The second-order valence-electron chi connectivity index (χ2n) is 8.16. The van der Waals surface area contributed by atoms with Gasteiger partial charge in [0.1, 0.15) is 17.8 Å². The van der Waals surface area contributed by atoms with Gasteiger partial charge in [-0.25, -0.2) is 10.4 Å². The monoisotopic (exact) mass is 422 g/mol.